The lowest BCUT2D eigenvalue weighted by molar-refractivity contribution is -0.137. The summed E-state index contributed by atoms with van der Waals surface area (Å²) >= 11 is 0. The molecule has 2 heterocycles. The van der Waals surface area contributed by atoms with Crippen molar-refractivity contribution in [2.45, 2.75) is 12.8 Å². The van der Waals surface area contributed by atoms with Crippen LogP contribution in [0.4, 0.5) is 0 Å². The van der Waals surface area contributed by atoms with Crippen molar-refractivity contribution in [3.05, 3.63) is 24.2 Å². The number of hydrogen-bond acceptors (Lipinski definition) is 5. The van der Waals surface area contributed by atoms with Gasteiger partial charge in [-0.15, -0.1) is 10.2 Å². The molecular weight excluding hydrogens is 200 g/mol. The first-order valence-corrected chi connectivity index (χ1v) is 4.30. The fourth-order valence-electron chi connectivity index (χ4n) is 1.04. The second-order valence-electron chi connectivity index (χ2n) is 2.84. The monoisotopic (exact) mass is 208 g/mol. The lowest BCUT2D eigenvalue weighted by Gasteiger charge is -1.89. The molecule has 7 heteroatoms. The highest BCUT2D eigenvalue weighted by Crippen LogP contribution is 2.04. The normalized spacial score (nSPS) is 10.4. The van der Waals surface area contributed by atoms with Crippen molar-refractivity contribution in [3.8, 4) is 5.88 Å². The minimum absolute atomic E-state index is 0.0101. The number of aliphatic carboxylic acids is 1. The van der Waals surface area contributed by atoms with E-state index in [-0.39, 0.29) is 12.8 Å². The lowest BCUT2D eigenvalue weighted by Crippen LogP contribution is -2.00. The maximum Gasteiger partial charge on any atom is 0.303 e. The van der Waals surface area contributed by atoms with E-state index in [1.54, 1.807) is 12.1 Å². The Morgan fingerprint density at radius 1 is 1.60 bits per heavy atom. The molecule has 0 aliphatic heterocycles. The van der Waals surface area contributed by atoms with Crippen LogP contribution in [0, 0.1) is 0 Å². The molecule has 0 bridgehead atoms. The van der Waals surface area contributed by atoms with E-state index >= 15 is 0 Å². The third-order valence-electron chi connectivity index (χ3n) is 1.72. The Hall–Kier alpha value is -2.18. The topological polar surface area (TPSA) is 94.0 Å². The van der Waals surface area contributed by atoms with Gasteiger partial charge in [-0.25, -0.2) is 0 Å². The summed E-state index contributed by atoms with van der Waals surface area (Å²) in [5, 5.41) is 19.9. The number of carboxylic acids is 1. The van der Waals surface area contributed by atoms with Crippen LogP contribution in [-0.2, 0) is 11.2 Å². The van der Waals surface area contributed by atoms with Crippen molar-refractivity contribution < 1.29 is 14.3 Å². The zero-order chi connectivity index (χ0) is 10.7. The molecule has 2 aromatic rings. The Morgan fingerprint density at radius 2 is 2.47 bits per heavy atom. The molecule has 0 radical (unpaired) electrons. The highest BCUT2D eigenvalue weighted by Gasteiger charge is 2.07. The van der Waals surface area contributed by atoms with Gasteiger partial charge in [0.05, 0.1) is 12.7 Å². The van der Waals surface area contributed by atoms with E-state index in [9.17, 15) is 4.79 Å². The van der Waals surface area contributed by atoms with E-state index in [0.29, 0.717) is 11.7 Å². The maximum atomic E-state index is 10.3. The third kappa shape index (κ3) is 2.19. The Bertz CT molecular complexity index is 448. The predicted octanol–water partition coefficient (Wildman–Crippen LogP) is 0.272. The van der Waals surface area contributed by atoms with Gasteiger partial charge < -0.3 is 9.52 Å². The fourth-order valence-corrected chi connectivity index (χ4v) is 1.04. The summed E-state index contributed by atoms with van der Waals surface area (Å²) in [4.78, 5) is 11.5. The third-order valence-corrected chi connectivity index (χ3v) is 1.72. The molecule has 0 spiro atoms. The van der Waals surface area contributed by atoms with Crippen LogP contribution in [0.15, 0.2) is 22.8 Å². The number of aromatic nitrogens is 4. The molecule has 0 unspecified atom stereocenters. The Kier molecular flexibility index (Phi) is 2.44. The molecule has 0 fully saturated rings. The summed E-state index contributed by atoms with van der Waals surface area (Å²) in [6.45, 7) is 0. The molecule has 15 heavy (non-hydrogen) atoms. The van der Waals surface area contributed by atoms with Crippen LogP contribution in [0.3, 0.4) is 0 Å². The molecule has 0 amide bonds. The summed E-state index contributed by atoms with van der Waals surface area (Å²) in [6.07, 6.45) is 1.75. The number of aryl methyl sites for hydroxylation is 1. The Labute approximate surface area is 84.3 Å². The zero-order valence-electron chi connectivity index (χ0n) is 7.70. The summed E-state index contributed by atoms with van der Waals surface area (Å²) in [5.74, 6) is -0.0535. The number of rotatable bonds is 4. The number of tetrazole rings is 1. The SMILES string of the molecule is O=C(O)CCc1nnn(-c2ccco2)n1. The van der Waals surface area contributed by atoms with Gasteiger partial charge in [-0.2, -0.15) is 0 Å². The smallest absolute Gasteiger partial charge is 0.303 e. The molecule has 1 N–H and O–H groups in total. The summed E-state index contributed by atoms with van der Waals surface area (Å²) < 4.78 is 5.04. The van der Waals surface area contributed by atoms with Crippen molar-refractivity contribution in [2.24, 2.45) is 0 Å². The molecule has 0 aliphatic rings. The number of nitrogens with zero attached hydrogens (tertiary/aromatic N) is 4. The van der Waals surface area contributed by atoms with Gasteiger partial charge in [-0.05, 0) is 11.3 Å². The van der Waals surface area contributed by atoms with Crippen LogP contribution in [0.1, 0.15) is 12.2 Å². The van der Waals surface area contributed by atoms with Crippen LogP contribution in [0.2, 0.25) is 0 Å². The number of hydrogen-bond donors (Lipinski definition) is 1. The van der Waals surface area contributed by atoms with Gasteiger partial charge in [0, 0.05) is 12.5 Å². The largest absolute Gasteiger partial charge is 0.481 e. The van der Waals surface area contributed by atoms with E-state index < -0.39 is 5.97 Å². The summed E-state index contributed by atoms with van der Waals surface area (Å²) in [6, 6.07) is 3.39. The average Bonchev–Trinajstić information content (AvgIpc) is 2.85. The summed E-state index contributed by atoms with van der Waals surface area (Å²) in [5.41, 5.74) is 0. The Balaban J connectivity index is 2.08. The number of carbonyl (C=O) groups is 1. The van der Waals surface area contributed by atoms with Gasteiger partial charge in [0.15, 0.2) is 5.82 Å². The van der Waals surface area contributed by atoms with Gasteiger partial charge in [-0.1, -0.05) is 4.80 Å². The fraction of sp³-hybridized carbons (Fsp3) is 0.250. The molecule has 2 aromatic heterocycles. The quantitative estimate of drug-likeness (QED) is 0.775. The second-order valence-corrected chi connectivity index (χ2v) is 2.84. The molecule has 0 atom stereocenters. The van der Waals surface area contributed by atoms with E-state index in [4.69, 9.17) is 9.52 Å². The molecular formula is C8H8N4O3. The minimum Gasteiger partial charge on any atom is -0.481 e. The van der Waals surface area contributed by atoms with E-state index in [1.165, 1.54) is 11.1 Å². The van der Waals surface area contributed by atoms with Crippen LogP contribution >= 0.6 is 0 Å². The highest BCUT2D eigenvalue weighted by atomic mass is 16.4. The average molecular weight is 208 g/mol. The van der Waals surface area contributed by atoms with Gasteiger partial charge in [0.25, 0.3) is 0 Å². The van der Waals surface area contributed by atoms with Crippen LogP contribution in [0.5, 0.6) is 0 Å². The van der Waals surface area contributed by atoms with Gasteiger partial charge in [-0.3, -0.25) is 4.79 Å². The molecule has 0 aromatic carbocycles. The first kappa shape index (κ1) is 9.38. The first-order chi connectivity index (χ1) is 7.25. The van der Waals surface area contributed by atoms with Crippen molar-refractivity contribution in [1.29, 1.82) is 0 Å². The zero-order valence-corrected chi connectivity index (χ0v) is 7.70. The van der Waals surface area contributed by atoms with Gasteiger partial charge in [0.1, 0.15) is 0 Å². The van der Waals surface area contributed by atoms with Gasteiger partial charge >= 0.3 is 5.97 Å². The van der Waals surface area contributed by atoms with E-state index in [2.05, 4.69) is 15.4 Å². The maximum absolute atomic E-state index is 10.3. The van der Waals surface area contributed by atoms with Crippen molar-refractivity contribution in [2.75, 3.05) is 0 Å². The lowest BCUT2D eigenvalue weighted by atomic mass is 10.3. The predicted molar refractivity (Wildman–Crippen MR) is 47.4 cm³/mol. The van der Waals surface area contributed by atoms with Crippen molar-refractivity contribution >= 4 is 5.97 Å². The molecule has 0 saturated heterocycles. The minimum atomic E-state index is -0.885. The highest BCUT2D eigenvalue weighted by molar-refractivity contribution is 5.66. The molecule has 7 nitrogen and oxygen atoms in total. The first-order valence-electron chi connectivity index (χ1n) is 4.30. The number of furan rings is 1. The molecule has 2 rings (SSSR count). The molecule has 78 valence electrons. The molecule has 0 saturated carbocycles. The van der Waals surface area contributed by atoms with Crippen molar-refractivity contribution in [3.63, 3.8) is 0 Å². The van der Waals surface area contributed by atoms with Crippen LogP contribution < -0.4 is 0 Å². The van der Waals surface area contributed by atoms with Crippen LogP contribution in [0.25, 0.3) is 5.88 Å². The van der Waals surface area contributed by atoms with E-state index in [1.807, 2.05) is 0 Å². The van der Waals surface area contributed by atoms with Crippen LogP contribution in [-0.4, -0.2) is 31.3 Å². The van der Waals surface area contributed by atoms with Gasteiger partial charge in [0.2, 0.25) is 5.88 Å². The second kappa shape index (κ2) is 3.91. The standard InChI is InChI=1S/C8H8N4O3/c13-8(14)4-3-6-9-11-12(10-6)7-2-1-5-15-7/h1-2,5H,3-4H2,(H,13,14). The van der Waals surface area contributed by atoms with E-state index in [0.717, 1.165) is 0 Å². The Morgan fingerprint density at radius 3 is 3.13 bits per heavy atom. The summed E-state index contributed by atoms with van der Waals surface area (Å²) in [7, 11) is 0. The van der Waals surface area contributed by atoms with Crippen molar-refractivity contribution in [1.82, 2.24) is 20.2 Å². The number of carboxylic acid groups (broad SMARTS) is 1. The molecule has 0 aliphatic carbocycles.